The highest BCUT2D eigenvalue weighted by atomic mass is 16.5. The Balaban J connectivity index is 1.59. The van der Waals surface area contributed by atoms with Crippen molar-refractivity contribution >= 4 is 11.6 Å². The van der Waals surface area contributed by atoms with E-state index >= 15 is 0 Å². The molecule has 1 heterocycles. The molecule has 3 rings (SSSR count). The summed E-state index contributed by atoms with van der Waals surface area (Å²) in [6.45, 7) is 0.418. The minimum Gasteiger partial charge on any atom is -0.487 e. The maximum Gasteiger partial charge on any atom is 0.227 e. The van der Waals surface area contributed by atoms with E-state index < -0.39 is 0 Å². The second-order valence-electron chi connectivity index (χ2n) is 5.25. The third-order valence-electron chi connectivity index (χ3n) is 3.69. The molecule has 1 amide bonds. The number of anilines is 1. The van der Waals surface area contributed by atoms with Crippen LogP contribution < -0.4 is 10.1 Å². The van der Waals surface area contributed by atoms with Crippen molar-refractivity contribution in [2.75, 3.05) is 5.32 Å². The van der Waals surface area contributed by atoms with Crippen LogP contribution in [0.2, 0.25) is 0 Å². The summed E-state index contributed by atoms with van der Waals surface area (Å²) in [6.07, 6.45) is 4.91. The van der Waals surface area contributed by atoms with Crippen molar-refractivity contribution in [3.63, 3.8) is 0 Å². The molecule has 1 N–H and O–H groups in total. The molecule has 21 heavy (non-hydrogen) atoms. The molecule has 0 radical (unpaired) electrons. The van der Waals surface area contributed by atoms with Gasteiger partial charge in [-0.05, 0) is 37.1 Å². The summed E-state index contributed by atoms with van der Waals surface area (Å²) < 4.78 is 5.70. The van der Waals surface area contributed by atoms with Gasteiger partial charge in [0.05, 0.1) is 5.69 Å². The molecule has 1 aliphatic carbocycles. The van der Waals surface area contributed by atoms with Gasteiger partial charge in [0.1, 0.15) is 12.4 Å². The molecule has 1 aromatic carbocycles. The van der Waals surface area contributed by atoms with E-state index in [1.54, 1.807) is 6.20 Å². The topological polar surface area (TPSA) is 51.2 Å². The van der Waals surface area contributed by atoms with Crippen molar-refractivity contribution in [2.24, 2.45) is 5.92 Å². The highest BCUT2D eigenvalue weighted by molar-refractivity contribution is 5.93. The molecule has 0 spiro atoms. The van der Waals surface area contributed by atoms with Crippen LogP contribution in [0.4, 0.5) is 5.69 Å². The predicted molar refractivity (Wildman–Crippen MR) is 81.0 cm³/mol. The number of hydrogen-bond acceptors (Lipinski definition) is 3. The highest BCUT2D eigenvalue weighted by Crippen LogP contribution is 2.28. The zero-order valence-electron chi connectivity index (χ0n) is 11.8. The molecule has 0 atom stereocenters. The normalized spacial score (nSPS) is 14.3. The number of rotatable bonds is 5. The smallest absolute Gasteiger partial charge is 0.227 e. The molecule has 0 bridgehead atoms. The average Bonchev–Trinajstić information content (AvgIpc) is 2.45. The number of pyridine rings is 1. The highest BCUT2D eigenvalue weighted by Gasteiger charge is 2.25. The zero-order chi connectivity index (χ0) is 14.5. The Kier molecular flexibility index (Phi) is 4.15. The molecule has 0 saturated heterocycles. The first-order valence-corrected chi connectivity index (χ1v) is 7.25. The quantitative estimate of drug-likeness (QED) is 0.914. The van der Waals surface area contributed by atoms with E-state index in [4.69, 9.17) is 4.74 Å². The number of aromatic nitrogens is 1. The fourth-order valence-electron chi connectivity index (χ4n) is 2.22. The zero-order valence-corrected chi connectivity index (χ0v) is 11.8. The molecular formula is C17H18N2O2. The lowest BCUT2D eigenvalue weighted by Gasteiger charge is -2.24. The van der Waals surface area contributed by atoms with E-state index in [0.717, 1.165) is 36.4 Å². The molecular weight excluding hydrogens is 264 g/mol. The summed E-state index contributed by atoms with van der Waals surface area (Å²) in [4.78, 5) is 16.1. The van der Waals surface area contributed by atoms with Crippen molar-refractivity contribution in [3.8, 4) is 5.75 Å². The first-order chi connectivity index (χ1) is 10.3. The molecule has 0 aliphatic heterocycles. The average molecular weight is 282 g/mol. The number of carbonyl (C=O) groups excluding carboxylic acids is 1. The van der Waals surface area contributed by atoms with E-state index in [1.165, 1.54) is 0 Å². The summed E-state index contributed by atoms with van der Waals surface area (Å²) >= 11 is 0. The van der Waals surface area contributed by atoms with Crippen LogP contribution in [0.25, 0.3) is 0 Å². The predicted octanol–water partition coefficient (Wildman–Crippen LogP) is 3.40. The number of ether oxygens (including phenoxy) is 1. The molecule has 0 unspecified atom stereocenters. The Hall–Kier alpha value is -2.36. The van der Waals surface area contributed by atoms with Crippen LogP contribution in [0.3, 0.4) is 0 Å². The monoisotopic (exact) mass is 282 g/mol. The first kappa shape index (κ1) is 13.6. The molecule has 108 valence electrons. The van der Waals surface area contributed by atoms with Crippen LogP contribution in [0.5, 0.6) is 5.75 Å². The van der Waals surface area contributed by atoms with Gasteiger partial charge in [0.15, 0.2) is 0 Å². The van der Waals surface area contributed by atoms with Gasteiger partial charge in [0.25, 0.3) is 0 Å². The molecule has 1 fully saturated rings. The standard InChI is InChI=1S/C17H18N2O2/c20-17(13-5-3-6-13)19-14-8-4-9-16(11-14)21-12-15-7-1-2-10-18-15/h1-2,4,7-11,13H,3,5-6,12H2,(H,19,20). The summed E-state index contributed by atoms with van der Waals surface area (Å²) in [6, 6.07) is 13.2. The van der Waals surface area contributed by atoms with E-state index in [0.29, 0.717) is 6.61 Å². The van der Waals surface area contributed by atoms with Gasteiger partial charge in [-0.15, -0.1) is 0 Å². The van der Waals surface area contributed by atoms with Crippen LogP contribution in [-0.4, -0.2) is 10.9 Å². The van der Waals surface area contributed by atoms with Gasteiger partial charge in [-0.1, -0.05) is 18.6 Å². The molecule has 1 aromatic heterocycles. The molecule has 1 aliphatic rings. The maximum absolute atomic E-state index is 11.9. The van der Waals surface area contributed by atoms with E-state index in [2.05, 4.69) is 10.3 Å². The van der Waals surface area contributed by atoms with E-state index in [-0.39, 0.29) is 11.8 Å². The fraction of sp³-hybridized carbons (Fsp3) is 0.294. The van der Waals surface area contributed by atoms with Gasteiger partial charge in [0.2, 0.25) is 5.91 Å². The Morgan fingerprint density at radius 2 is 2.14 bits per heavy atom. The Morgan fingerprint density at radius 1 is 1.24 bits per heavy atom. The Labute approximate surface area is 124 Å². The lowest BCUT2D eigenvalue weighted by atomic mass is 9.85. The number of nitrogens with zero attached hydrogens (tertiary/aromatic N) is 1. The SMILES string of the molecule is O=C(Nc1cccc(OCc2ccccn2)c1)C1CCC1. The summed E-state index contributed by atoms with van der Waals surface area (Å²) in [5.41, 5.74) is 1.66. The molecule has 1 saturated carbocycles. The van der Waals surface area contributed by atoms with Gasteiger partial charge in [-0.3, -0.25) is 9.78 Å². The Morgan fingerprint density at radius 3 is 2.86 bits per heavy atom. The van der Waals surface area contributed by atoms with Crippen molar-refractivity contribution in [3.05, 3.63) is 54.4 Å². The lowest BCUT2D eigenvalue weighted by Crippen LogP contribution is -2.27. The summed E-state index contributed by atoms with van der Waals surface area (Å²) in [7, 11) is 0. The molecule has 2 aromatic rings. The van der Waals surface area contributed by atoms with Crippen LogP contribution >= 0.6 is 0 Å². The second kappa shape index (κ2) is 6.39. The lowest BCUT2D eigenvalue weighted by molar-refractivity contribution is -0.122. The molecule has 4 nitrogen and oxygen atoms in total. The van der Waals surface area contributed by atoms with Gasteiger partial charge in [-0.25, -0.2) is 0 Å². The van der Waals surface area contributed by atoms with Crippen molar-refractivity contribution in [1.82, 2.24) is 4.98 Å². The van der Waals surface area contributed by atoms with Crippen molar-refractivity contribution in [1.29, 1.82) is 0 Å². The maximum atomic E-state index is 11.9. The van der Waals surface area contributed by atoms with Crippen LogP contribution in [0.15, 0.2) is 48.7 Å². The largest absolute Gasteiger partial charge is 0.487 e. The third kappa shape index (κ3) is 3.60. The van der Waals surface area contributed by atoms with Crippen LogP contribution in [-0.2, 0) is 11.4 Å². The van der Waals surface area contributed by atoms with Gasteiger partial charge in [0, 0.05) is 23.9 Å². The Bertz CT molecular complexity index is 609. The van der Waals surface area contributed by atoms with Gasteiger partial charge < -0.3 is 10.1 Å². The number of amides is 1. The summed E-state index contributed by atoms with van der Waals surface area (Å²) in [5.74, 6) is 1.03. The fourth-order valence-corrected chi connectivity index (χ4v) is 2.22. The summed E-state index contributed by atoms with van der Waals surface area (Å²) in [5, 5.41) is 2.95. The first-order valence-electron chi connectivity index (χ1n) is 7.25. The van der Waals surface area contributed by atoms with Crippen molar-refractivity contribution in [2.45, 2.75) is 25.9 Å². The number of hydrogen-bond donors (Lipinski definition) is 1. The van der Waals surface area contributed by atoms with E-state index in [1.807, 2.05) is 42.5 Å². The minimum absolute atomic E-state index is 0.114. The number of carbonyl (C=O) groups is 1. The minimum atomic E-state index is 0.114. The van der Waals surface area contributed by atoms with E-state index in [9.17, 15) is 4.79 Å². The van der Waals surface area contributed by atoms with Crippen LogP contribution in [0.1, 0.15) is 25.0 Å². The molecule has 4 heteroatoms. The van der Waals surface area contributed by atoms with Crippen molar-refractivity contribution < 1.29 is 9.53 Å². The van der Waals surface area contributed by atoms with Gasteiger partial charge in [-0.2, -0.15) is 0 Å². The third-order valence-corrected chi connectivity index (χ3v) is 3.69. The van der Waals surface area contributed by atoms with Crippen LogP contribution in [0, 0.1) is 5.92 Å². The number of benzene rings is 1. The second-order valence-corrected chi connectivity index (χ2v) is 5.25. The number of nitrogens with one attached hydrogen (secondary N) is 1. The van der Waals surface area contributed by atoms with Gasteiger partial charge >= 0.3 is 0 Å².